The number of hydrogen-bond acceptors (Lipinski definition) is 6. The summed E-state index contributed by atoms with van der Waals surface area (Å²) in [6.07, 6.45) is 0.00896. The van der Waals surface area contributed by atoms with Crippen molar-refractivity contribution in [1.29, 1.82) is 0 Å². The lowest BCUT2D eigenvalue weighted by atomic mass is 10.0. The molecule has 0 bridgehead atoms. The zero-order chi connectivity index (χ0) is 22.9. The molecule has 2 atom stereocenters. The van der Waals surface area contributed by atoms with Crippen molar-refractivity contribution in [2.75, 3.05) is 26.8 Å². The van der Waals surface area contributed by atoms with Gasteiger partial charge in [0, 0.05) is 26.1 Å². The highest BCUT2D eigenvalue weighted by atomic mass is 16.6. The van der Waals surface area contributed by atoms with Gasteiger partial charge in [-0.15, -0.1) is 0 Å². The van der Waals surface area contributed by atoms with E-state index in [9.17, 15) is 5.11 Å². The summed E-state index contributed by atoms with van der Waals surface area (Å²) in [6, 6.07) is 27.6. The van der Waals surface area contributed by atoms with E-state index in [-0.39, 0.29) is 12.7 Å². The Morgan fingerprint density at radius 2 is 1.73 bits per heavy atom. The van der Waals surface area contributed by atoms with Gasteiger partial charge in [-0.05, 0) is 35.4 Å². The van der Waals surface area contributed by atoms with Crippen molar-refractivity contribution in [3.63, 3.8) is 0 Å². The van der Waals surface area contributed by atoms with Gasteiger partial charge in [-0.1, -0.05) is 65.8 Å². The molecule has 1 heterocycles. The van der Waals surface area contributed by atoms with E-state index in [2.05, 4.69) is 16.1 Å². The lowest BCUT2D eigenvalue weighted by Crippen LogP contribution is -2.39. The van der Waals surface area contributed by atoms with Crippen LogP contribution < -0.4 is 9.47 Å². The first-order chi connectivity index (χ1) is 16.2. The van der Waals surface area contributed by atoms with E-state index in [1.165, 1.54) is 0 Å². The van der Waals surface area contributed by atoms with Crippen molar-refractivity contribution in [2.24, 2.45) is 5.16 Å². The van der Waals surface area contributed by atoms with Crippen LogP contribution in [-0.2, 0) is 11.4 Å². The molecule has 0 saturated heterocycles. The summed E-state index contributed by atoms with van der Waals surface area (Å²) in [5.74, 6) is 1.56. The maximum absolute atomic E-state index is 10.7. The largest absolute Gasteiger partial charge is 0.497 e. The van der Waals surface area contributed by atoms with Gasteiger partial charge in [-0.2, -0.15) is 0 Å². The number of hydrogen-bond donors (Lipinski definition) is 1. The molecule has 1 N–H and O–H groups in total. The van der Waals surface area contributed by atoms with Crippen LogP contribution in [0.2, 0.25) is 0 Å². The minimum Gasteiger partial charge on any atom is -0.497 e. The number of aliphatic hydroxyl groups is 1. The lowest BCUT2D eigenvalue weighted by Gasteiger charge is -2.27. The van der Waals surface area contributed by atoms with E-state index in [0.29, 0.717) is 19.6 Å². The number of rotatable bonds is 11. The van der Waals surface area contributed by atoms with E-state index in [4.69, 9.17) is 14.3 Å². The molecule has 0 saturated carbocycles. The highest BCUT2D eigenvalue weighted by Crippen LogP contribution is 2.20. The summed E-state index contributed by atoms with van der Waals surface area (Å²) >= 11 is 0. The molecule has 0 aromatic heterocycles. The molecule has 0 fully saturated rings. The fraction of sp³-hybridized carbons (Fsp3) is 0.296. The third-order valence-electron chi connectivity index (χ3n) is 5.50. The third kappa shape index (κ3) is 6.81. The minimum absolute atomic E-state index is 0.0759. The molecule has 1 aliphatic heterocycles. The van der Waals surface area contributed by atoms with Crippen LogP contribution in [0.25, 0.3) is 0 Å². The lowest BCUT2D eigenvalue weighted by molar-refractivity contribution is 0.0213. The normalized spacial score (nSPS) is 16.2. The summed E-state index contributed by atoms with van der Waals surface area (Å²) in [5, 5.41) is 15.0. The fourth-order valence-corrected chi connectivity index (χ4v) is 3.91. The summed E-state index contributed by atoms with van der Waals surface area (Å²) in [7, 11) is 1.66. The fourth-order valence-electron chi connectivity index (χ4n) is 3.91. The molecule has 0 unspecified atom stereocenters. The van der Waals surface area contributed by atoms with E-state index >= 15 is 0 Å². The average molecular weight is 447 g/mol. The maximum atomic E-state index is 10.7. The zero-order valence-corrected chi connectivity index (χ0v) is 18.8. The highest BCUT2D eigenvalue weighted by Gasteiger charge is 2.26. The Bertz CT molecular complexity index is 1030. The van der Waals surface area contributed by atoms with Crippen LogP contribution in [0.1, 0.15) is 17.5 Å². The van der Waals surface area contributed by atoms with Crippen molar-refractivity contribution in [1.82, 2.24) is 4.90 Å². The number of para-hydroxylation sites is 1. The zero-order valence-electron chi connectivity index (χ0n) is 18.8. The SMILES string of the molecule is COc1cccc(CN(C[C@H](O)COc2ccccc2)C[C@H]2CC(c3ccccc3)=NO2)c1. The summed E-state index contributed by atoms with van der Waals surface area (Å²) in [4.78, 5) is 7.94. The van der Waals surface area contributed by atoms with Gasteiger partial charge in [0.25, 0.3) is 0 Å². The molecule has 172 valence electrons. The Hall–Kier alpha value is -3.35. The van der Waals surface area contributed by atoms with Gasteiger partial charge in [0.15, 0.2) is 0 Å². The van der Waals surface area contributed by atoms with Crippen LogP contribution in [-0.4, -0.2) is 54.7 Å². The van der Waals surface area contributed by atoms with Gasteiger partial charge in [0.1, 0.15) is 30.3 Å². The molecule has 0 spiro atoms. The van der Waals surface area contributed by atoms with Crippen molar-refractivity contribution in [2.45, 2.75) is 25.2 Å². The molecule has 0 amide bonds. The van der Waals surface area contributed by atoms with Gasteiger partial charge < -0.3 is 19.4 Å². The topological polar surface area (TPSA) is 63.5 Å². The molecule has 4 rings (SSSR count). The quantitative estimate of drug-likeness (QED) is 0.480. The first kappa shape index (κ1) is 22.8. The third-order valence-corrected chi connectivity index (χ3v) is 5.50. The van der Waals surface area contributed by atoms with Crippen LogP contribution in [0, 0.1) is 0 Å². The first-order valence-corrected chi connectivity index (χ1v) is 11.2. The number of aliphatic hydroxyl groups excluding tert-OH is 1. The Morgan fingerprint density at radius 3 is 2.48 bits per heavy atom. The van der Waals surface area contributed by atoms with Gasteiger partial charge in [0.05, 0.1) is 12.8 Å². The summed E-state index contributed by atoms with van der Waals surface area (Å²) < 4.78 is 11.1. The predicted molar refractivity (Wildman–Crippen MR) is 129 cm³/mol. The predicted octanol–water partition coefficient (Wildman–Crippen LogP) is 4.13. The Balaban J connectivity index is 1.38. The van der Waals surface area contributed by atoms with Crippen LogP contribution in [0.3, 0.4) is 0 Å². The number of benzene rings is 3. The molecule has 3 aromatic rings. The highest BCUT2D eigenvalue weighted by molar-refractivity contribution is 6.01. The maximum Gasteiger partial charge on any atom is 0.145 e. The second-order valence-corrected chi connectivity index (χ2v) is 8.16. The average Bonchev–Trinajstić information content (AvgIpc) is 3.32. The number of nitrogens with zero attached hydrogens (tertiary/aromatic N) is 2. The summed E-state index contributed by atoms with van der Waals surface area (Å²) in [6.45, 7) is 1.96. The molecule has 3 aromatic carbocycles. The number of oxime groups is 1. The van der Waals surface area contributed by atoms with Crippen LogP contribution in [0.5, 0.6) is 11.5 Å². The standard InChI is InChI=1S/C27H30N2O4/c1-31-25-14-8-9-21(15-25)17-29(18-23(30)20-32-24-12-6-3-7-13-24)19-26-16-27(28-33-26)22-10-4-2-5-11-22/h2-15,23,26,30H,16-20H2,1H3/t23-,26+/m0/s1. The molecule has 33 heavy (non-hydrogen) atoms. The molecule has 0 radical (unpaired) electrons. The van der Waals surface area contributed by atoms with Gasteiger partial charge >= 0.3 is 0 Å². The molecule has 6 nitrogen and oxygen atoms in total. The van der Waals surface area contributed by atoms with E-state index in [0.717, 1.165) is 34.8 Å². The number of ether oxygens (including phenoxy) is 2. The monoisotopic (exact) mass is 446 g/mol. The van der Waals surface area contributed by atoms with Crippen LogP contribution in [0.4, 0.5) is 0 Å². The second kappa shape index (κ2) is 11.5. The summed E-state index contributed by atoms with van der Waals surface area (Å²) in [5.41, 5.74) is 3.14. The van der Waals surface area contributed by atoms with Crippen molar-refractivity contribution < 1.29 is 19.4 Å². The molecule has 6 heteroatoms. The van der Waals surface area contributed by atoms with E-state index in [1.54, 1.807) is 7.11 Å². The van der Waals surface area contributed by atoms with E-state index < -0.39 is 6.10 Å². The molecular weight excluding hydrogens is 416 g/mol. The molecule has 0 aliphatic carbocycles. The molecular formula is C27H30N2O4. The van der Waals surface area contributed by atoms with Crippen molar-refractivity contribution in [3.05, 3.63) is 96.1 Å². The number of methoxy groups -OCH3 is 1. The minimum atomic E-state index is -0.647. The van der Waals surface area contributed by atoms with Crippen molar-refractivity contribution in [3.8, 4) is 11.5 Å². The second-order valence-electron chi connectivity index (χ2n) is 8.16. The van der Waals surface area contributed by atoms with Gasteiger partial charge in [0.2, 0.25) is 0 Å². The van der Waals surface area contributed by atoms with Crippen LogP contribution >= 0.6 is 0 Å². The first-order valence-electron chi connectivity index (χ1n) is 11.2. The Kier molecular flexibility index (Phi) is 7.95. The van der Waals surface area contributed by atoms with Crippen LogP contribution in [0.15, 0.2) is 90.1 Å². The molecule has 1 aliphatic rings. The smallest absolute Gasteiger partial charge is 0.145 e. The van der Waals surface area contributed by atoms with Gasteiger partial charge in [-0.25, -0.2) is 0 Å². The van der Waals surface area contributed by atoms with Crippen molar-refractivity contribution >= 4 is 5.71 Å². The Labute approximate surface area is 195 Å². The van der Waals surface area contributed by atoms with Gasteiger partial charge in [-0.3, -0.25) is 4.90 Å². The Morgan fingerprint density at radius 1 is 1.00 bits per heavy atom. The van der Waals surface area contributed by atoms with E-state index in [1.807, 2.05) is 78.9 Å².